The van der Waals surface area contributed by atoms with Crippen LogP contribution in [-0.4, -0.2) is 34.1 Å². The summed E-state index contributed by atoms with van der Waals surface area (Å²) < 4.78 is 5.49. The normalized spacial score (nSPS) is 19.4. The highest BCUT2D eigenvalue weighted by Crippen LogP contribution is 2.30. The maximum atomic E-state index is 11.9. The summed E-state index contributed by atoms with van der Waals surface area (Å²) in [6.45, 7) is 3.58. The standard InChI is InChI=1S/C12H16N2O4S/c1-12(2,11(16)17)14-9(15)7-6-19-10(13-7)8-4-3-5-18-8/h6,8H,3-5H2,1-2H3,(H,14,15)(H,16,17). The minimum atomic E-state index is -1.31. The number of hydrogen-bond donors (Lipinski definition) is 2. The van der Waals surface area contributed by atoms with E-state index in [4.69, 9.17) is 9.84 Å². The van der Waals surface area contributed by atoms with Crippen LogP contribution in [0.1, 0.15) is 48.3 Å². The molecule has 2 N–H and O–H groups in total. The van der Waals surface area contributed by atoms with Crippen molar-refractivity contribution in [3.05, 3.63) is 16.1 Å². The minimum Gasteiger partial charge on any atom is -0.480 e. The fourth-order valence-corrected chi connectivity index (χ4v) is 2.59. The molecule has 1 saturated heterocycles. The van der Waals surface area contributed by atoms with Crippen molar-refractivity contribution in [2.45, 2.75) is 38.3 Å². The predicted octanol–water partition coefficient (Wildman–Crippen LogP) is 1.59. The molecule has 1 unspecified atom stereocenters. The van der Waals surface area contributed by atoms with E-state index >= 15 is 0 Å². The number of hydrogen-bond acceptors (Lipinski definition) is 5. The first kappa shape index (κ1) is 14.0. The molecule has 1 aliphatic heterocycles. The van der Waals surface area contributed by atoms with E-state index in [9.17, 15) is 9.59 Å². The lowest BCUT2D eigenvalue weighted by molar-refractivity contribution is -0.143. The number of ether oxygens (including phenoxy) is 1. The average Bonchev–Trinajstić information content (AvgIpc) is 2.99. The lowest BCUT2D eigenvalue weighted by Crippen LogP contribution is -2.49. The third kappa shape index (κ3) is 3.10. The van der Waals surface area contributed by atoms with E-state index in [1.807, 2.05) is 0 Å². The fraction of sp³-hybridized carbons (Fsp3) is 0.583. The molecule has 0 radical (unpaired) electrons. The summed E-state index contributed by atoms with van der Waals surface area (Å²) >= 11 is 1.37. The molecule has 1 atom stereocenters. The number of carboxylic acid groups (broad SMARTS) is 1. The molecule has 6 nitrogen and oxygen atoms in total. The Balaban J connectivity index is 2.06. The number of rotatable bonds is 4. The van der Waals surface area contributed by atoms with Crippen LogP contribution >= 0.6 is 11.3 Å². The van der Waals surface area contributed by atoms with Crippen LogP contribution in [0.15, 0.2) is 5.38 Å². The molecule has 19 heavy (non-hydrogen) atoms. The van der Waals surface area contributed by atoms with Crippen molar-refractivity contribution in [2.24, 2.45) is 0 Å². The topological polar surface area (TPSA) is 88.5 Å². The van der Waals surface area contributed by atoms with Gasteiger partial charge in [-0.1, -0.05) is 0 Å². The zero-order valence-corrected chi connectivity index (χ0v) is 11.6. The summed E-state index contributed by atoms with van der Waals surface area (Å²) in [5, 5.41) is 13.8. The van der Waals surface area contributed by atoms with Gasteiger partial charge in [-0.2, -0.15) is 0 Å². The molecular weight excluding hydrogens is 268 g/mol. The maximum absolute atomic E-state index is 11.9. The number of aromatic nitrogens is 1. The second kappa shape index (κ2) is 5.26. The molecule has 0 spiro atoms. The van der Waals surface area contributed by atoms with E-state index in [-0.39, 0.29) is 11.8 Å². The Morgan fingerprint density at radius 1 is 1.58 bits per heavy atom. The smallest absolute Gasteiger partial charge is 0.328 e. The highest BCUT2D eigenvalue weighted by molar-refractivity contribution is 7.09. The number of thiazole rings is 1. The number of nitrogens with zero attached hydrogens (tertiary/aromatic N) is 1. The van der Waals surface area contributed by atoms with Gasteiger partial charge in [-0.15, -0.1) is 11.3 Å². The molecule has 0 aromatic carbocycles. The van der Waals surface area contributed by atoms with E-state index in [0.29, 0.717) is 0 Å². The number of aliphatic carboxylic acids is 1. The molecule has 1 aromatic heterocycles. The van der Waals surface area contributed by atoms with Gasteiger partial charge in [-0.05, 0) is 26.7 Å². The third-order valence-electron chi connectivity index (χ3n) is 2.92. The molecule has 0 bridgehead atoms. The van der Waals surface area contributed by atoms with E-state index in [1.165, 1.54) is 25.2 Å². The lowest BCUT2D eigenvalue weighted by Gasteiger charge is -2.20. The van der Waals surface area contributed by atoms with Crippen molar-refractivity contribution < 1.29 is 19.4 Å². The molecule has 1 amide bonds. The SMILES string of the molecule is CC(C)(NC(=O)c1csc(C2CCCO2)n1)C(=O)O. The van der Waals surface area contributed by atoms with Crippen molar-refractivity contribution in [1.82, 2.24) is 10.3 Å². The number of carbonyl (C=O) groups excluding carboxylic acids is 1. The van der Waals surface area contributed by atoms with E-state index < -0.39 is 17.4 Å². The monoisotopic (exact) mass is 284 g/mol. The van der Waals surface area contributed by atoms with Gasteiger partial charge in [0.25, 0.3) is 5.91 Å². The Morgan fingerprint density at radius 2 is 2.32 bits per heavy atom. The summed E-state index contributed by atoms with van der Waals surface area (Å²) in [6.07, 6.45) is 1.88. The Labute approximate surface area is 114 Å². The summed E-state index contributed by atoms with van der Waals surface area (Å²) in [4.78, 5) is 27.1. The fourth-order valence-electron chi connectivity index (χ4n) is 1.71. The molecule has 7 heteroatoms. The van der Waals surface area contributed by atoms with Crippen LogP contribution in [-0.2, 0) is 9.53 Å². The van der Waals surface area contributed by atoms with Crippen LogP contribution in [0.3, 0.4) is 0 Å². The van der Waals surface area contributed by atoms with E-state index in [0.717, 1.165) is 24.5 Å². The van der Waals surface area contributed by atoms with Gasteiger partial charge in [0.1, 0.15) is 22.3 Å². The first-order valence-corrected chi connectivity index (χ1v) is 6.91. The third-order valence-corrected chi connectivity index (χ3v) is 3.86. The van der Waals surface area contributed by atoms with Gasteiger partial charge in [-0.25, -0.2) is 9.78 Å². The summed E-state index contributed by atoms with van der Waals surface area (Å²) in [6, 6.07) is 0. The molecule has 104 valence electrons. The highest BCUT2D eigenvalue weighted by atomic mass is 32.1. The van der Waals surface area contributed by atoms with Gasteiger partial charge in [0.15, 0.2) is 0 Å². The summed E-state index contributed by atoms with van der Waals surface area (Å²) in [5.74, 6) is -1.57. The predicted molar refractivity (Wildman–Crippen MR) is 69.2 cm³/mol. The number of amides is 1. The van der Waals surface area contributed by atoms with Crippen molar-refractivity contribution >= 4 is 23.2 Å². The first-order chi connectivity index (χ1) is 8.90. The second-order valence-corrected chi connectivity index (χ2v) is 5.85. The van der Waals surface area contributed by atoms with Gasteiger partial charge < -0.3 is 15.2 Å². The highest BCUT2D eigenvalue weighted by Gasteiger charge is 2.30. The second-order valence-electron chi connectivity index (χ2n) is 4.96. The number of nitrogens with one attached hydrogen (secondary N) is 1. The van der Waals surface area contributed by atoms with Crippen LogP contribution in [0.25, 0.3) is 0 Å². The lowest BCUT2D eigenvalue weighted by atomic mass is 10.1. The van der Waals surface area contributed by atoms with Crippen LogP contribution < -0.4 is 5.32 Å². The Morgan fingerprint density at radius 3 is 2.89 bits per heavy atom. The van der Waals surface area contributed by atoms with Gasteiger partial charge in [0.05, 0.1) is 0 Å². The van der Waals surface area contributed by atoms with Gasteiger partial charge >= 0.3 is 5.97 Å². The molecule has 0 aliphatic carbocycles. The Bertz CT molecular complexity index is 492. The minimum absolute atomic E-state index is 0.0287. The van der Waals surface area contributed by atoms with Crippen molar-refractivity contribution in [2.75, 3.05) is 6.61 Å². The van der Waals surface area contributed by atoms with Crippen LogP contribution in [0.2, 0.25) is 0 Å². The van der Waals surface area contributed by atoms with E-state index in [2.05, 4.69) is 10.3 Å². The Kier molecular flexibility index (Phi) is 3.86. The van der Waals surface area contributed by atoms with Crippen molar-refractivity contribution in [3.8, 4) is 0 Å². The van der Waals surface area contributed by atoms with Gasteiger partial charge in [0, 0.05) is 12.0 Å². The summed E-state index contributed by atoms with van der Waals surface area (Å²) in [5.41, 5.74) is -1.07. The van der Waals surface area contributed by atoms with Gasteiger partial charge in [-0.3, -0.25) is 4.79 Å². The van der Waals surface area contributed by atoms with Crippen molar-refractivity contribution in [1.29, 1.82) is 0 Å². The Hall–Kier alpha value is -1.47. The average molecular weight is 284 g/mol. The molecule has 1 aliphatic rings. The quantitative estimate of drug-likeness (QED) is 0.876. The van der Waals surface area contributed by atoms with E-state index in [1.54, 1.807) is 5.38 Å². The van der Waals surface area contributed by atoms with Gasteiger partial charge in [0.2, 0.25) is 0 Å². The molecule has 0 saturated carbocycles. The first-order valence-electron chi connectivity index (χ1n) is 6.03. The van der Waals surface area contributed by atoms with Crippen LogP contribution in [0.4, 0.5) is 0 Å². The zero-order chi connectivity index (χ0) is 14.0. The van der Waals surface area contributed by atoms with Crippen molar-refractivity contribution in [3.63, 3.8) is 0 Å². The van der Waals surface area contributed by atoms with Crippen LogP contribution in [0, 0.1) is 0 Å². The largest absolute Gasteiger partial charge is 0.480 e. The number of carbonyl (C=O) groups is 2. The molecule has 1 fully saturated rings. The molecule has 2 heterocycles. The maximum Gasteiger partial charge on any atom is 0.328 e. The molecule has 2 rings (SSSR count). The molecule has 1 aromatic rings. The summed E-state index contributed by atoms with van der Waals surface area (Å²) in [7, 11) is 0. The molecular formula is C12H16N2O4S. The van der Waals surface area contributed by atoms with Crippen LogP contribution in [0.5, 0.6) is 0 Å². The number of carboxylic acids is 1. The zero-order valence-electron chi connectivity index (χ0n) is 10.8.